The predicted octanol–water partition coefficient (Wildman–Crippen LogP) is 2.17. The smallest absolute Gasteiger partial charge is 0.220 e. The summed E-state index contributed by atoms with van der Waals surface area (Å²) in [5.41, 5.74) is 0. The first-order valence-corrected chi connectivity index (χ1v) is 8.48. The summed E-state index contributed by atoms with van der Waals surface area (Å²) in [7, 11) is 0. The molecule has 2 aliphatic heterocycles. The molecule has 2 heterocycles. The van der Waals surface area contributed by atoms with Gasteiger partial charge in [0.1, 0.15) is 0 Å². The second-order valence-electron chi connectivity index (χ2n) is 5.54. The van der Waals surface area contributed by atoms with E-state index >= 15 is 0 Å². The van der Waals surface area contributed by atoms with Crippen LogP contribution in [0.2, 0.25) is 0 Å². The van der Waals surface area contributed by atoms with Crippen molar-refractivity contribution in [3.8, 4) is 0 Å². The van der Waals surface area contributed by atoms with E-state index in [1.807, 2.05) is 11.8 Å². The topological polar surface area (TPSA) is 41.1 Å². The first-order valence-electron chi connectivity index (χ1n) is 7.43. The van der Waals surface area contributed by atoms with Gasteiger partial charge in [-0.3, -0.25) is 4.79 Å². The number of carbonyl (C=O) groups is 1. The molecule has 0 aliphatic carbocycles. The maximum atomic E-state index is 11.8. The van der Waals surface area contributed by atoms with Crippen molar-refractivity contribution < 1.29 is 4.79 Å². The number of rotatable bonds is 5. The summed E-state index contributed by atoms with van der Waals surface area (Å²) < 4.78 is 0. The molecule has 2 N–H and O–H groups in total. The van der Waals surface area contributed by atoms with E-state index in [0.29, 0.717) is 17.6 Å². The second kappa shape index (κ2) is 8.05. The Morgan fingerprint density at radius 2 is 2.22 bits per heavy atom. The Bertz CT molecular complexity index is 224. The van der Waals surface area contributed by atoms with E-state index in [9.17, 15) is 4.79 Å². The molecule has 2 atom stereocenters. The molecular formula is C14H26N2OS. The van der Waals surface area contributed by atoms with E-state index in [1.165, 1.54) is 37.9 Å². The molecule has 0 spiro atoms. The number of thioether (sulfide) groups is 1. The van der Waals surface area contributed by atoms with Crippen LogP contribution in [0.25, 0.3) is 0 Å². The molecule has 2 fully saturated rings. The van der Waals surface area contributed by atoms with Gasteiger partial charge >= 0.3 is 0 Å². The average molecular weight is 270 g/mol. The minimum Gasteiger partial charge on any atom is -0.355 e. The lowest BCUT2D eigenvalue weighted by Gasteiger charge is -2.23. The molecule has 1 amide bonds. The van der Waals surface area contributed by atoms with Gasteiger partial charge in [-0.15, -0.1) is 0 Å². The van der Waals surface area contributed by atoms with E-state index < -0.39 is 0 Å². The Labute approximate surface area is 115 Å². The number of amides is 1. The molecule has 104 valence electrons. The van der Waals surface area contributed by atoms with Crippen molar-refractivity contribution in [2.45, 2.75) is 50.2 Å². The fraction of sp³-hybridized carbons (Fsp3) is 0.929. The Balaban J connectivity index is 1.54. The zero-order valence-corrected chi connectivity index (χ0v) is 12.1. The third-order valence-corrected chi connectivity index (χ3v) is 5.38. The van der Waals surface area contributed by atoms with Gasteiger partial charge in [-0.05, 0) is 56.9 Å². The molecular weight excluding hydrogens is 244 g/mol. The van der Waals surface area contributed by atoms with Gasteiger partial charge in [0.2, 0.25) is 5.91 Å². The normalized spacial score (nSPS) is 28.9. The summed E-state index contributed by atoms with van der Waals surface area (Å²) in [5, 5.41) is 7.18. The van der Waals surface area contributed by atoms with Crippen LogP contribution >= 0.6 is 11.8 Å². The molecule has 0 aromatic heterocycles. The van der Waals surface area contributed by atoms with Crippen LogP contribution in [0.5, 0.6) is 0 Å². The largest absolute Gasteiger partial charge is 0.355 e. The maximum absolute atomic E-state index is 11.8. The minimum atomic E-state index is 0.256. The molecule has 0 radical (unpaired) electrons. The summed E-state index contributed by atoms with van der Waals surface area (Å²) in [6, 6.07) is 0. The van der Waals surface area contributed by atoms with Crippen molar-refractivity contribution in [2.75, 3.05) is 25.4 Å². The summed E-state index contributed by atoms with van der Waals surface area (Å²) in [6.45, 7) is 3.14. The SMILES string of the molecule is O=C(CCC1CCCNC1)NCC1CCCCS1. The van der Waals surface area contributed by atoms with Gasteiger partial charge < -0.3 is 10.6 Å². The van der Waals surface area contributed by atoms with Crippen LogP contribution in [0.15, 0.2) is 0 Å². The van der Waals surface area contributed by atoms with Gasteiger partial charge in [0.05, 0.1) is 0 Å². The summed E-state index contributed by atoms with van der Waals surface area (Å²) in [5.74, 6) is 2.24. The third kappa shape index (κ3) is 5.19. The molecule has 0 aromatic carbocycles. The van der Waals surface area contributed by atoms with E-state index in [4.69, 9.17) is 0 Å². The van der Waals surface area contributed by atoms with Gasteiger partial charge in [0, 0.05) is 18.2 Å². The fourth-order valence-electron chi connectivity index (χ4n) is 2.79. The molecule has 18 heavy (non-hydrogen) atoms. The third-order valence-electron chi connectivity index (χ3n) is 3.98. The van der Waals surface area contributed by atoms with Crippen LogP contribution in [0.4, 0.5) is 0 Å². The Morgan fingerprint density at radius 3 is 2.94 bits per heavy atom. The number of hydrogen-bond donors (Lipinski definition) is 2. The molecule has 4 heteroatoms. The fourth-order valence-corrected chi connectivity index (χ4v) is 4.03. The van der Waals surface area contributed by atoms with Gasteiger partial charge in [-0.25, -0.2) is 0 Å². The van der Waals surface area contributed by atoms with Crippen molar-refractivity contribution in [1.82, 2.24) is 10.6 Å². The summed E-state index contributed by atoms with van der Waals surface area (Å²) in [4.78, 5) is 11.8. The highest BCUT2D eigenvalue weighted by molar-refractivity contribution is 7.99. The van der Waals surface area contributed by atoms with Gasteiger partial charge in [0.15, 0.2) is 0 Å². The van der Waals surface area contributed by atoms with Crippen LogP contribution in [0.3, 0.4) is 0 Å². The Morgan fingerprint density at radius 1 is 1.28 bits per heavy atom. The van der Waals surface area contributed by atoms with E-state index in [-0.39, 0.29) is 5.91 Å². The van der Waals surface area contributed by atoms with Crippen LogP contribution in [-0.4, -0.2) is 36.5 Å². The van der Waals surface area contributed by atoms with E-state index in [1.54, 1.807) is 0 Å². The lowest BCUT2D eigenvalue weighted by atomic mass is 9.94. The number of piperidine rings is 1. The molecule has 3 nitrogen and oxygen atoms in total. The van der Waals surface area contributed by atoms with Crippen LogP contribution in [0.1, 0.15) is 44.9 Å². The highest BCUT2D eigenvalue weighted by atomic mass is 32.2. The Kier molecular flexibility index (Phi) is 6.35. The van der Waals surface area contributed by atoms with Crippen molar-refractivity contribution in [2.24, 2.45) is 5.92 Å². The Hall–Kier alpha value is -0.220. The van der Waals surface area contributed by atoms with Crippen LogP contribution in [-0.2, 0) is 4.79 Å². The average Bonchev–Trinajstić information content (AvgIpc) is 2.45. The van der Waals surface area contributed by atoms with Gasteiger partial charge in [0.25, 0.3) is 0 Å². The molecule has 2 aliphatic rings. The molecule has 0 aromatic rings. The van der Waals surface area contributed by atoms with Gasteiger partial charge in [-0.2, -0.15) is 11.8 Å². The first-order chi connectivity index (χ1) is 8.84. The summed E-state index contributed by atoms with van der Waals surface area (Å²) >= 11 is 2.03. The van der Waals surface area contributed by atoms with Crippen molar-refractivity contribution in [3.05, 3.63) is 0 Å². The quantitative estimate of drug-likeness (QED) is 0.804. The van der Waals surface area contributed by atoms with Crippen LogP contribution < -0.4 is 10.6 Å². The minimum absolute atomic E-state index is 0.256. The zero-order chi connectivity index (χ0) is 12.6. The highest BCUT2D eigenvalue weighted by Crippen LogP contribution is 2.24. The monoisotopic (exact) mass is 270 g/mol. The maximum Gasteiger partial charge on any atom is 0.220 e. The standard InChI is InChI=1S/C14H26N2OS/c17-14(7-6-12-4-3-8-15-10-12)16-11-13-5-1-2-9-18-13/h12-13,15H,1-11H2,(H,16,17). The van der Waals surface area contributed by atoms with Crippen LogP contribution in [0, 0.1) is 5.92 Å². The molecule has 2 unspecified atom stereocenters. The lowest BCUT2D eigenvalue weighted by Crippen LogP contribution is -2.33. The van der Waals surface area contributed by atoms with Crippen molar-refractivity contribution in [1.29, 1.82) is 0 Å². The number of hydrogen-bond acceptors (Lipinski definition) is 3. The second-order valence-corrected chi connectivity index (χ2v) is 6.95. The molecule has 0 bridgehead atoms. The van der Waals surface area contributed by atoms with Crippen molar-refractivity contribution in [3.63, 3.8) is 0 Å². The molecule has 0 saturated carbocycles. The van der Waals surface area contributed by atoms with Gasteiger partial charge in [-0.1, -0.05) is 6.42 Å². The van der Waals surface area contributed by atoms with E-state index in [0.717, 1.165) is 26.1 Å². The predicted molar refractivity (Wildman–Crippen MR) is 77.9 cm³/mol. The number of nitrogens with one attached hydrogen (secondary N) is 2. The highest BCUT2D eigenvalue weighted by Gasteiger charge is 2.16. The lowest BCUT2D eigenvalue weighted by molar-refractivity contribution is -0.121. The molecule has 2 rings (SSSR count). The zero-order valence-electron chi connectivity index (χ0n) is 11.2. The first kappa shape index (κ1) is 14.2. The van der Waals surface area contributed by atoms with Crippen molar-refractivity contribution >= 4 is 17.7 Å². The van der Waals surface area contributed by atoms with E-state index in [2.05, 4.69) is 10.6 Å². The summed E-state index contributed by atoms with van der Waals surface area (Å²) in [6.07, 6.45) is 8.28. The molecule has 2 saturated heterocycles. The number of carbonyl (C=O) groups excluding carboxylic acids is 1.